The highest BCUT2D eigenvalue weighted by Crippen LogP contribution is 2.30. The van der Waals surface area contributed by atoms with E-state index in [0.717, 1.165) is 18.7 Å². The standard InChI is InChI=1S/C23H32N4O3/c1-2-3-4-5-6-10-16-24-17-15-23(28)26-20-13-14-21(22(18-20)27(29)30)25-19-11-8-7-9-12-19/h7-9,11-14,18,24-25H,2-6,10,15-17H2,1H3,(H,26,28). The second-order valence-corrected chi connectivity index (χ2v) is 7.30. The fraction of sp³-hybridized carbons (Fsp3) is 0.435. The number of nitro groups is 1. The molecule has 0 radical (unpaired) electrons. The Balaban J connectivity index is 1.77. The van der Waals surface area contributed by atoms with Crippen molar-refractivity contribution in [2.24, 2.45) is 0 Å². The Labute approximate surface area is 178 Å². The Morgan fingerprint density at radius 2 is 1.67 bits per heavy atom. The number of carbonyl (C=O) groups excluding carboxylic acids is 1. The van der Waals surface area contributed by atoms with Gasteiger partial charge in [-0.25, -0.2) is 0 Å². The van der Waals surface area contributed by atoms with Crippen molar-refractivity contribution in [3.8, 4) is 0 Å². The van der Waals surface area contributed by atoms with Crippen molar-refractivity contribution in [2.45, 2.75) is 51.9 Å². The fourth-order valence-corrected chi connectivity index (χ4v) is 3.12. The van der Waals surface area contributed by atoms with Crippen molar-refractivity contribution >= 4 is 28.7 Å². The lowest BCUT2D eigenvalue weighted by atomic mass is 10.1. The predicted molar refractivity (Wildman–Crippen MR) is 122 cm³/mol. The first-order valence-corrected chi connectivity index (χ1v) is 10.7. The normalized spacial score (nSPS) is 10.6. The maximum Gasteiger partial charge on any atom is 0.294 e. The molecule has 2 aromatic carbocycles. The number of nitrogens with one attached hydrogen (secondary N) is 3. The Morgan fingerprint density at radius 1 is 0.933 bits per heavy atom. The van der Waals surface area contributed by atoms with E-state index < -0.39 is 4.92 Å². The Hall–Kier alpha value is -2.93. The van der Waals surface area contributed by atoms with Gasteiger partial charge in [0.25, 0.3) is 5.69 Å². The van der Waals surface area contributed by atoms with Crippen LogP contribution in [-0.2, 0) is 4.79 Å². The van der Waals surface area contributed by atoms with Crippen LogP contribution in [0.25, 0.3) is 0 Å². The first-order chi connectivity index (χ1) is 14.6. The van der Waals surface area contributed by atoms with Gasteiger partial charge in [-0.2, -0.15) is 0 Å². The summed E-state index contributed by atoms with van der Waals surface area (Å²) in [4.78, 5) is 23.1. The zero-order chi connectivity index (χ0) is 21.6. The van der Waals surface area contributed by atoms with Crippen LogP contribution in [0.5, 0.6) is 0 Å². The highest BCUT2D eigenvalue weighted by Gasteiger charge is 2.16. The summed E-state index contributed by atoms with van der Waals surface area (Å²) in [6.45, 7) is 3.71. The Morgan fingerprint density at radius 3 is 2.40 bits per heavy atom. The smallest absolute Gasteiger partial charge is 0.294 e. The molecule has 0 aliphatic carbocycles. The minimum Gasteiger partial charge on any atom is -0.350 e. The average molecular weight is 413 g/mol. The molecule has 0 spiro atoms. The van der Waals surface area contributed by atoms with E-state index in [1.165, 1.54) is 38.2 Å². The molecule has 7 nitrogen and oxygen atoms in total. The molecular formula is C23H32N4O3. The lowest BCUT2D eigenvalue weighted by molar-refractivity contribution is -0.383. The van der Waals surface area contributed by atoms with E-state index in [1.807, 2.05) is 30.3 Å². The van der Waals surface area contributed by atoms with Crippen molar-refractivity contribution in [2.75, 3.05) is 23.7 Å². The summed E-state index contributed by atoms with van der Waals surface area (Å²) in [6.07, 6.45) is 7.78. The third-order valence-corrected chi connectivity index (χ3v) is 4.77. The second-order valence-electron chi connectivity index (χ2n) is 7.30. The molecule has 2 aromatic rings. The van der Waals surface area contributed by atoms with E-state index in [-0.39, 0.29) is 11.6 Å². The van der Waals surface area contributed by atoms with Crippen LogP contribution in [0, 0.1) is 10.1 Å². The van der Waals surface area contributed by atoms with Gasteiger partial charge in [-0.1, -0.05) is 57.2 Å². The van der Waals surface area contributed by atoms with Crippen molar-refractivity contribution in [1.82, 2.24) is 5.32 Å². The number of anilines is 3. The SMILES string of the molecule is CCCCCCCCNCCC(=O)Nc1ccc(Nc2ccccc2)c([N+](=O)[O-])c1. The quantitative estimate of drug-likeness (QED) is 0.213. The lowest BCUT2D eigenvalue weighted by Crippen LogP contribution is -2.22. The van der Waals surface area contributed by atoms with Crippen LogP contribution in [0.15, 0.2) is 48.5 Å². The topological polar surface area (TPSA) is 96.3 Å². The van der Waals surface area contributed by atoms with Crippen LogP contribution in [-0.4, -0.2) is 23.9 Å². The van der Waals surface area contributed by atoms with Crippen LogP contribution in [0.3, 0.4) is 0 Å². The largest absolute Gasteiger partial charge is 0.350 e. The molecule has 3 N–H and O–H groups in total. The molecule has 0 atom stereocenters. The number of nitro benzene ring substituents is 1. The molecule has 0 unspecified atom stereocenters. The Bertz CT molecular complexity index is 796. The van der Waals surface area contributed by atoms with Gasteiger partial charge in [0.1, 0.15) is 5.69 Å². The molecular weight excluding hydrogens is 380 g/mol. The maximum absolute atomic E-state index is 12.1. The molecule has 0 heterocycles. The predicted octanol–water partition coefficient (Wildman–Crippen LogP) is 5.62. The number of nitrogens with zero attached hydrogens (tertiary/aromatic N) is 1. The van der Waals surface area contributed by atoms with Crippen LogP contribution in [0.4, 0.5) is 22.7 Å². The molecule has 0 bridgehead atoms. The van der Waals surface area contributed by atoms with Crippen LogP contribution < -0.4 is 16.0 Å². The summed E-state index contributed by atoms with van der Waals surface area (Å²) in [5.41, 5.74) is 1.47. The van der Waals surface area contributed by atoms with E-state index in [9.17, 15) is 14.9 Å². The van der Waals surface area contributed by atoms with Gasteiger partial charge in [0, 0.05) is 30.4 Å². The molecule has 30 heavy (non-hydrogen) atoms. The number of hydrogen-bond acceptors (Lipinski definition) is 5. The summed E-state index contributed by atoms with van der Waals surface area (Å²) in [5.74, 6) is -0.163. The van der Waals surface area contributed by atoms with Crippen molar-refractivity contribution in [1.29, 1.82) is 0 Å². The van der Waals surface area contributed by atoms with Gasteiger partial charge >= 0.3 is 0 Å². The third kappa shape index (κ3) is 8.61. The van der Waals surface area contributed by atoms with E-state index in [4.69, 9.17) is 0 Å². The number of hydrogen-bond donors (Lipinski definition) is 3. The first kappa shape index (κ1) is 23.3. The van der Waals surface area contributed by atoms with Gasteiger partial charge in [-0.05, 0) is 37.2 Å². The van der Waals surface area contributed by atoms with Crippen LogP contribution in [0.1, 0.15) is 51.9 Å². The first-order valence-electron chi connectivity index (χ1n) is 10.7. The second kappa shape index (κ2) is 13.3. The molecule has 2 rings (SSSR count). The third-order valence-electron chi connectivity index (χ3n) is 4.77. The van der Waals surface area contributed by atoms with Gasteiger partial charge < -0.3 is 16.0 Å². The molecule has 0 saturated carbocycles. The number of unbranched alkanes of at least 4 members (excludes halogenated alkanes) is 5. The monoisotopic (exact) mass is 412 g/mol. The zero-order valence-corrected chi connectivity index (χ0v) is 17.7. The molecule has 0 aliphatic heterocycles. The fourth-order valence-electron chi connectivity index (χ4n) is 3.12. The summed E-state index contributed by atoms with van der Waals surface area (Å²) < 4.78 is 0. The number of rotatable bonds is 14. The minimum absolute atomic E-state index is 0.0853. The van der Waals surface area contributed by atoms with Crippen LogP contribution in [0.2, 0.25) is 0 Å². The van der Waals surface area contributed by atoms with E-state index >= 15 is 0 Å². The van der Waals surface area contributed by atoms with E-state index in [0.29, 0.717) is 24.3 Å². The van der Waals surface area contributed by atoms with Crippen LogP contribution >= 0.6 is 0 Å². The molecule has 0 aromatic heterocycles. The maximum atomic E-state index is 12.1. The number of carbonyl (C=O) groups is 1. The van der Waals surface area contributed by atoms with Crippen molar-refractivity contribution < 1.29 is 9.72 Å². The van der Waals surface area contributed by atoms with Gasteiger partial charge in [-0.3, -0.25) is 14.9 Å². The van der Waals surface area contributed by atoms with Crippen molar-refractivity contribution in [3.63, 3.8) is 0 Å². The number of benzene rings is 2. The molecule has 7 heteroatoms. The highest BCUT2D eigenvalue weighted by atomic mass is 16.6. The van der Waals surface area contributed by atoms with Gasteiger partial charge in [0.05, 0.1) is 4.92 Å². The van der Waals surface area contributed by atoms with Crippen molar-refractivity contribution in [3.05, 3.63) is 58.6 Å². The summed E-state index contributed by atoms with van der Waals surface area (Å²) in [6, 6.07) is 13.9. The molecule has 0 fully saturated rings. The number of para-hydroxylation sites is 1. The summed E-state index contributed by atoms with van der Waals surface area (Å²) >= 11 is 0. The molecule has 1 amide bonds. The average Bonchev–Trinajstić information content (AvgIpc) is 2.74. The van der Waals surface area contributed by atoms with Gasteiger partial charge in [0.15, 0.2) is 0 Å². The zero-order valence-electron chi connectivity index (χ0n) is 17.7. The lowest BCUT2D eigenvalue weighted by Gasteiger charge is -2.10. The summed E-state index contributed by atoms with van der Waals surface area (Å²) in [7, 11) is 0. The highest BCUT2D eigenvalue weighted by molar-refractivity contribution is 5.92. The van der Waals surface area contributed by atoms with Gasteiger partial charge in [-0.15, -0.1) is 0 Å². The Kier molecular flexibility index (Phi) is 10.4. The van der Waals surface area contributed by atoms with E-state index in [1.54, 1.807) is 12.1 Å². The molecule has 162 valence electrons. The minimum atomic E-state index is -0.455. The molecule has 0 saturated heterocycles. The van der Waals surface area contributed by atoms with Gasteiger partial charge in [0.2, 0.25) is 5.91 Å². The summed E-state index contributed by atoms with van der Waals surface area (Å²) in [5, 5.41) is 20.5. The molecule has 0 aliphatic rings. The number of amides is 1. The van der Waals surface area contributed by atoms with E-state index in [2.05, 4.69) is 22.9 Å².